The van der Waals surface area contributed by atoms with Crippen LogP contribution in [0.25, 0.3) is 0 Å². The highest BCUT2D eigenvalue weighted by molar-refractivity contribution is 6.32. The first kappa shape index (κ1) is 15.5. The van der Waals surface area contributed by atoms with E-state index in [-0.39, 0.29) is 29.1 Å². The minimum Gasteiger partial charge on any atom is -0.489 e. The lowest BCUT2D eigenvalue weighted by atomic mass is 10.0. The number of aliphatic carboxylic acids is 1. The fourth-order valence-corrected chi connectivity index (χ4v) is 1.95. The number of nitrogens with zero attached hydrogens (tertiary/aromatic N) is 1. The Hall–Kier alpha value is -1.86. The van der Waals surface area contributed by atoms with E-state index in [1.54, 1.807) is 0 Å². The summed E-state index contributed by atoms with van der Waals surface area (Å²) in [4.78, 5) is 21.5. The summed E-state index contributed by atoms with van der Waals surface area (Å²) in [5.41, 5.74) is -1.43. The molecule has 0 saturated heterocycles. The van der Waals surface area contributed by atoms with Gasteiger partial charge in [0.2, 0.25) is 0 Å². The molecule has 1 saturated carbocycles. The first-order chi connectivity index (χ1) is 9.82. The highest BCUT2D eigenvalue weighted by Gasteiger charge is 2.39. The summed E-state index contributed by atoms with van der Waals surface area (Å²) in [6.07, 6.45) is 1.86. The van der Waals surface area contributed by atoms with Crippen molar-refractivity contribution < 1.29 is 19.6 Å². The second kappa shape index (κ2) is 5.87. The molecule has 0 spiro atoms. The Kier molecular flexibility index (Phi) is 4.34. The van der Waals surface area contributed by atoms with Crippen molar-refractivity contribution in [1.82, 2.24) is 5.32 Å². The predicted octanol–water partition coefficient (Wildman–Crippen LogP) is 2.22. The molecule has 1 aromatic rings. The standard InChI is InChI=1S/C13H15ClN2O5/c1-13(12(17)18,15-8-2-3-8)7-21-11-6-9(16(19)20)4-5-10(11)14/h4-6,8,15H,2-3,7H2,1H3,(H,17,18). The van der Waals surface area contributed by atoms with Gasteiger partial charge in [0.15, 0.2) is 0 Å². The molecule has 1 unspecified atom stereocenters. The van der Waals surface area contributed by atoms with Crippen LogP contribution in [0.3, 0.4) is 0 Å². The maximum absolute atomic E-state index is 11.4. The van der Waals surface area contributed by atoms with Crippen LogP contribution in [0.15, 0.2) is 18.2 Å². The van der Waals surface area contributed by atoms with Crippen LogP contribution in [-0.2, 0) is 4.79 Å². The Bertz CT molecular complexity index is 576. The maximum Gasteiger partial charge on any atom is 0.327 e. The number of nitro groups is 1. The zero-order valence-electron chi connectivity index (χ0n) is 11.3. The monoisotopic (exact) mass is 314 g/mol. The van der Waals surface area contributed by atoms with Crippen molar-refractivity contribution in [3.8, 4) is 5.75 Å². The van der Waals surface area contributed by atoms with E-state index in [0.29, 0.717) is 0 Å². The Balaban J connectivity index is 2.11. The average Bonchev–Trinajstić information content (AvgIpc) is 3.21. The largest absolute Gasteiger partial charge is 0.489 e. The summed E-state index contributed by atoms with van der Waals surface area (Å²) in [5, 5.41) is 23.2. The number of hydrogen-bond donors (Lipinski definition) is 2. The van der Waals surface area contributed by atoms with Crippen molar-refractivity contribution in [3.63, 3.8) is 0 Å². The molecule has 1 aliphatic carbocycles. The van der Waals surface area contributed by atoms with Gasteiger partial charge in [-0.05, 0) is 25.8 Å². The minimum absolute atomic E-state index is 0.0935. The smallest absolute Gasteiger partial charge is 0.327 e. The number of benzene rings is 1. The van der Waals surface area contributed by atoms with E-state index in [9.17, 15) is 20.0 Å². The molecule has 0 heterocycles. The van der Waals surface area contributed by atoms with Crippen molar-refractivity contribution in [2.75, 3.05) is 6.61 Å². The van der Waals surface area contributed by atoms with Gasteiger partial charge in [0.05, 0.1) is 16.0 Å². The minimum atomic E-state index is -1.27. The normalized spacial score (nSPS) is 17.0. The van der Waals surface area contributed by atoms with E-state index < -0.39 is 16.4 Å². The third-order valence-electron chi connectivity index (χ3n) is 3.21. The van der Waals surface area contributed by atoms with Gasteiger partial charge in [0, 0.05) is 12.1 Å². The molecular weight excluding hydrogens is 300 g/mol. The van der Waals surface area contributed by atoms with E-state index in [1.807, 2.05) is 0 Å². The number of carboxylic acid groups (broad SMARTS) is 1. The average molecular weight is 315 g/mol. The molecule has 21 heavy (non-hydrogen) atoms. The maximum atomic E-state index is 11.4. The van der Waals surface area contributed by atoms with Gasteiger partial charge < -0.3 is 9.84 Å². The first-order valence-electron chi connectivity index (χ1n) is 6.40. The second-order valence-electron chi connectivity index (χ2n) is 5.22. The molecular formula is C13H15ClN2O5. The lowest BCUT2D eigenvalue weighted by molar-refractivity contribution is -0.384. The third kappa shape index (κ3) is 3.83. The van der Waals surface area contributed by atoms with Crippen LogP contribution in [0.4, 0.5) is 5.69 Å². The number of carboxylic acids is 1. The molecule has 0 aromatic heterocycles. The van der Waals surface area contributed by atoms with Crippen LogP contribution in [0.5, 0.6) is 5.75 Å². The fourth-order valence-electron chi connectivity index (χ4n) is 1.78. The zero-order valence-corrected chi connectivity index (χ0v) is 12.1. The van der Waals surface area contributed by atoms with Crippen molar-refractivity contribution in [2.24, 2.45) is 0 Å². The summed E-state index contributed by atoms with van der Waals surface area (Å²) in [6.45, 7) is 1.33. The highest BCUT2D eigenvalue weighted by atomic mass is 35.5. The topological polar surface area (TPSA) is 102 Å². The lowest BCUT2D eigenvalue weighted by Gasteiger charge is -2.26. The number of rotatable bonds is 7. The van der Waals surface area contributed by atoms with E-state index in [0.717, 1.165) is 12.8 Å². The number of hydrogen-bond acceptors (Lipinski definition) is 5. The van der Waals surface area contributed by atoms with Gasteiger partial charge in [-0.3, -0.25) is 20.2 Å². The van der Waals surface area contributed by atoms with Crippen LogP contribution in [0, 0.1) is 10.1 Å². The fraction of sp³-hybridized carbons (Fsp3) is 0.462. The summed E-state index contributed by atoms with van der Waals surface area (Å²) in [5.74, 6) is -0.952. The molecule has 1 fully saturated rings. The molecule has 7 nitrogen and oxygen atoms in total. The van der Waals surface area contributed by atoms with Gasteiger partial charge in [0.25, 0.3) is 5.69 Å². The van der Waals surface area contributed by atoms with Gasteiger partial charge in [-0.1, -0.05) is 11.6 Å². The zero-order chi connectivity index (χ0) is 15.6. The van der Waals surface area contributed by atoms with E-state index in [1.165, 1.54) is 25.1 Å². The van der Waals surface area contributed by atoms with Crippen LogP contribution >= 0.6 is 11.6 Å². The molecule has 2 rings (SSSR count). The van der Waals surface area contributed by atoms with Gasteiger partial charge >= 0.3 is 5.97 Å². The molecule has 0 aliphatic heterocycles. The van der Waals surface area contributed by atoms with Gasteiger partial charge in [-0.15, -0.1) is 0 Å². The molecule has 1 aromatic carbocycles. The summed E-state index contributed by atoms with van der Waals surface area (Å²) >= 11 is 5.91. The predicted molar refractivity (Wildman–Crippen MR) is 75.8 cm³/mol. The number of nitro benzene ring substituents is 1. The molecule has 1 atom stereocenters. The Morgan fingerprint density at radius 2 is 2.29 bits per heavy atom. The molecule has 8 heteroatoms. The molecule has 0 amide bonds. The molecule has 1 aliphatic rings. The number of halogens is 1. The summed E-state index contributed by atoms with van der Waals surface area (Å²) in [6, 6.07) is 3.97. The Labute approximate surface area is 126 Å². The van der Waals surface area contributed by atoms with Gasteiger partial charge in [-0.2, -0.15) is 0 Å². The Morgan fingerprint density at radius 3 is 2.81 bits per heavy atom. The third-order valence-corrected chi connectivity index (χ3v) is 3.53. The van der Waals surface area contributed by atoms with Crippen LogP contribution in [0.2, 0.25) is 5.02 Å². The SMILES string of the molecule is CC(COc1cc([N+](=O)[O-])ccc1Cl)(NC1CC1)C(=O)O. The van der Waals surface area contributed by atoms with E-state index in [4.69, 9.17) is 16.3 Å². The van der Waals surface area contributed by atoms with Crippen molar-refractivity contribution >= 4 is 23.3 Å². The van der Waals surface area contributed by atoms with Crippen LogP contribution in [0.1, 0.15) is 19.8 Å². The molecule has 0 radical (unpaired) electrons. The second-order valence-corrected chi connectivity index (χ2v) is 5.62. The van der Waals surface area contributed by atoms with Crippen LogP contribution < -0.4 is 10.1 Å². The molecule has 2 N–H and O–H groups in total. The van der Waals surface area contributed by atoms with Crippen molar-refractivity contribution in [3.05, 3.63) is 33.3 Å². The van der Waals surface area contributed by atoms with E-state index >= 15 is 0 Å². The van der Waals surface area contributed by atoms with Gasteiger partial charge in [-0.25, -0.2) is 0 Å². The molecule has 114 valence electrons. The Morgan fingerprint density at radius 1 is 1.62 bits per heavy atom. The summed E-state index contributed by atoms with van der Waals surface area (Å²) < 4.78 is 5.40. The van der Waals surface area contributed by atoms with Crippen LogP contribution in [-0.4, -0.2) is 34.2 Å². The highest BCUT2D eigenvalue weighted by Crippen LogP contribution is 2.30. The quantitative estimate of drug-likeness (QED) is 0.591. The molecule has 0 bridgehead atoms. The van der Waals surface area contributed by atoms with Gasteiger partial charge in [0.1, 0.15) is 17.9 Å². The first-order valence-corrected chi connectivity index (χ1v) is 6.77. The van der Waals surface area contributed by atoms with Crippen molar-refractivity contribution in [2.45, 2.75) is 31.3 Å². The number of non-ortho nitro benzene ring substituents is 1. The van der Waals surface area contributed by atoms with E-state index in [2.05, 4.69) is 5.32 Å². The summed E-state index contributed by atoms with van der Waals surface area (Å²) in [7, 11) is 0. The number of carbonyl (C=O) groups is 1. The van der Waals surface area contributed by atoms with Crippen molar-refractivity contribution in [1.29, 1.82) is 0 Å². The number of nitrogens with one attached hydrogen (secondary N) is 1. The number of ether oxygens (including phenoxy) is 1. The lowest BCUT2D eigenvalue weighted by Crippen LogP contribution is -2.54.